The van der Waals surface area contributed by atoms with Crippen molar-refractivity contribution in [3.05, 3.63) is 70.2 Å². The Morgan fingerprint density at radius 1 is 1.16 bits per heavy atom. The van der Waals surface area contributed by atoms with E-state index in [0.29, 0.717) is 6.54 Å². The van der Waals surface area contributed by atoms with E-state index in [4.69, 9.17) is 11.6 Å². The van der Waals surface area contributed by atoms with Gasteiger partial charge in [0.2, 0.25) is 0 Å². The van der Waals surface area contributed by atoms with Crippen molar-refractivity contribution in [2.24, 2.45) is 0 Å². The summed E-state index contributed by atoms with van der Waals surface area (Å²) in [6.45, 7) is 2.66. The van der Waals surface area contributed by atoms with Crippen molar-refractivity contribution in [1.82, 2.24) is 5.32 Å². The van der Waals surface area contributed by atoms with Crippen LogP contribution in [-0.2, 0) is 6.54 Å². The van der Waals surface area contributed by atoms with Crippen LogP contribution in [0.1, 0.15) is 22.7 Å². The monoisotopic (exact) mass is 270 g/mol. The number of benzene rings is 2. The summed E-state index contributed by atoms with van der Waals surface area (Å²) in [5, 5.41) is 13.3. The van der Waals surface area contributed by atoms with Crippen LogP contribution in [0.25, 0.3) is 0 Å². The SMILES string of the molecule is Cc1ccccc1C(C#N)NCc1ccc(Cl)cc1. The lowest BCUT2D eigenvalue weighted by atomic mass is 10.0. The van der Waals surface area contributed by atoms with Crippen LogP contribution in [0.15, 0.2) is 48.5 Å². The molecular formula is C16H15ClN2. The predicted molar refractivity (Wildman–Crippen MR) is 77.8 cm³/mol. The Morgan fingerprint density at radius 2 is 1.84 bits per heavy atom. The third kappa shape index (κ3) is 3.57. The van der Waals surface area contributed by atoms with E-state index in [9.17, 15) is 5.26 Å². The van der Waals surface area contributed by atoms with Crippen LogP contribution in [0.4, 0.5) is 0 Å². The lowest BCUT2D eigenvalue weighted by Crippen LogP contribution is -2.20. The molecule has 2 aromatic rings. The Bertz CT molecular complexity index is 584. The topological polar surface area (TPSA) is 35.8 Å². The zero-order valence-electron chi connectivity index (χ0n) is 10.7. The molecule has 0 aliphatic rings. The van der Waals surface area contributed by atoms with Gasteiger partial charge < -0.3 is 0 Å². The van der Waals surface area contributed by atoms with E-state index in [0.717, 1.165) is 21.7 Å². The minimum atomic E-state index is -0.295. The van der Waals surface area contributed by atoms with E-state index in [2.05, 4.69) is 11.4 Å². The number of halogens is 1. The van der Waals surface area contributed by atoms with Gasteiger partial charge in [-0.05, 0) is 35.7 Å². The van der Waals surface area contributed by atoms with Gasteiger partial charge in [-0.1, -0.05) is 48.0 Å². The highest BCUT2D eigenvalue weighted by Crippen LogP contribution is 2.17. The second kappa shape index (κ2) is 6.38. The van der Waals surface area contributed by atoms with Crippen molar-refractivity contribution in [2.45, 2.75) is 19.5 Å². The van der Waals surface area contributed by atoms with E-state index in [1.807, 2.05) is 55.5 Å². The van der Waals surface area contributed by atoms with Gasteiger partial charge in [-0.3, -0.25) is 5.32 Å². The number of rotatable bonds is 4. The molecule has 2 aromatic carbocycles. The van der Waals surface area contributed by atoms with E-state index < -0.39 is 0 Å². The van der Waals surface area contributed by atoms with Gasteiger partial charge in [-0.25, -0.2) is 0 Å². The highest BCUT2D eigenvalue weighted by molar-refractivity contribution is 6.30. The lowest BCUT2D eigenvalue weighted by Gasteiger charge is -2.14. The molecule has 0 aliphatic carbocycles. The number of nitriles is 1. The maximum absolute atomic E-state index is 9.29. The fourth-order valence-corrected chi connectivity index (χ4v) is 2.08. The molecule has 0 bridgehead atoms. The summed E-state index contributed by atoms with van der Waals surface area (Å²) >= 11 is 5.85. The van der Waals surface area contributed by atoms with Gasteiger partial charge in [-0.15, -0.1) is 0 Å². The summed E-state index contributed by atoms with van der Waals surface area (Å²) in [4.78, 5) is 0. The highest BCUT2D eigenvalue weighted by atomic mass is 35.5. The van der Waals surface area contributed by atoms with Gasteiger partial charge in [0.25, 0.3) is 0 Å². The van der Waals surface area contributed by atoms with Crippen LogP contribution in [0.3, 0.4) is 0 Å². The van der Waals surface area contributed by atoms with Crippen LogP contribution in [0.2, 0.25) is 5.02 Å². The maximum atomic E-state index is 9.29. The first-order valence-corrected chi connectivity index (χ1v) is 6.51. The predicted octanol–water partition coefficient (Wildman–Crippen LogP) is 4.00. The fraction of sp³-hybridized carbons (Fsp3) is 0.188. The zero-order valence-corrected chi connectivity index (χ0v) is 11.5. The summed E-state index contributed by atoms with van der Waals surface area (Å²) in [6.07, 6.45) is 0. The second-order valence-corrected chi connectivity index (χ2v) is 4.86. The molecule has 0 amide bonds. The van der Waals surface area contributed by atoms with E-state index in [1.165, 1.54) is 0 Å². The number of nitrogens with zero attached hydrogens (tertiary/aromatic N) is 1. The second-order valence-electron chi connectivity index (χ2n) is 4.43. The standard InChI is InChI=1S/C16H15ClN2/c1-12-4-2-3-5-15(12)16(10-18)19-11-13-6-8-14(17)9-7-13/h2-9,16,19H,11H2,1H3. The van der Waals surface area contributed by atoms with Crippen LogP contribution in [-0.4, -0.2) is 0 Å². The number of aryl methyl sites for hydroxylation is 1. The van der Waals surface area contributed by atoms with E-state index in [1.54, 1.807) is 0 Å². The van der Waals surface area contributed by atoms with Crippen LogP contribution in [0, 0.1) is 18.3 Å². The molecule has 1 unspecified atom stereocenters. The largest absolute Gasteiger partial charge is 0.294 e. The molecule has 96 valence electrons. The summed E-state index contributed by atoms with van der Waals surface area (Å²) in [5.74, 6) is 0. The van der Waals surface area contributed by atoms with Gasteiger partial charge in [0.15, 0.2) is 0 Å². The smallest absolute Gasteiger partial charge is 0.121 e. The van der Waals surface area contributed by atoms with Crippen molar-refractivity contribution in [3.63, 3.8) is 0 Å². The molecule has 0 radical (unpaired) electrons. The Kier molecular flexibility index (Phi) is 4.57. The number of nitrogens with one attached hydrogen (secondary N) is 1. The van der Waals surface area contributed by atoms with Gasteiger partial charge in [-0.2, -0.15) is 5.26 Å². The number of hydrogen-bond acceptors (Lipinski definition) is 2. The maximum Gasteiger partial charge on any atom is 0.121 e. The first-order chi connectivity index (χ1) is 9.20. The minimum absolute atomic E-state index is 0.295. The van der Waals surface area contributed by atoms with Crippen molar-refractivity contribution in [1.29, 1.82) is 5.26 Å². The average Bonchev–Trinajstić information content (AvgIpc) is 2.43. The lowest BCUT2D eigenvalue weighted by molar-refractivity contribution is 0.628. The van der Waals surface area contributed by atoms with Gasteiger partial charge in [0, 0.05) is 11.6 Å². The third-order valence-corrected chi connectivity index (χ3v) is 3.30. The first kappa shape index (κ1) is 13.6. The average molecular weight is 271 g/mol. The summed E-state index contributed by atoms with van der Waals surface area (Å²) in [6, 6.07) is 17.6. The Labute approximate surface area is 118 Å². The molecular weight excluding hydrogens is 256 g/mol. The van der Waals surface area contributed by atoms with Crippen molar-refractivity contribution in [3.8, 4) is 6.07 Å². The molecule has 0 aliphatic heterocycles. The molecule has 2 nitrogen and oxygen atoms in total. The van der Waals surface area contributed by atoms with Crippen LogP contribution >= 0.6 is 11.6 Å². The van der Waals surface area contributed by atoms with Crippen LogP contribution < -0.4 is 5.32 Å². The normalized spacial score (nSPS) is 11.8. The highest BCUT2D eigenvalue weighted by Gasteiger charge is 2.11. The molecule has 3 heteroatoms. The van der Waals surface area contributed by atoms with Crippen molar-refractivity contribution >= 4 is 11.6 Å². The quantitative estimate of drug-likeness (QED) is 0.911. The Hall–Kier alpha value is -1.82. The third-order valence-electron chi connectivity index (χ3n) is 3.05. The molecule has 1 atom stereocenters. The Balaban J connectivity index is 2.07. The Morgan fingerprint density at radius 3 is 2.47 bits per heavy atom. The zero-order chi connectivity index (χ0) is 13.7. The van der Waals surface area contributed by atoms with E-state index >= 15 is 0 Å². The molecule has 1 N–H and O–H groups in total. The van der Waals surface area contributed by atoms with Gasteiger partial charge in [0.1, 0.15) is 6.04 Å². The molecule has 0 aromatic heterocycles. The van der Waals surface area contributed by atoms with Crippen molar-refractivity contribution < 1.29 is 0 Å². The molecule has 2 rings (SSSR count). The van der Waals surface area contributed by atoms with E-state index in [-0.39, 0.29) is 6.04 Å². The summed E-state index contributed by atoms with van der Waals surface area (Å²) < 4.78 is 0. The van der Waals surface area contributed by atoms with Crippen LogP contribution in [0.5, 0.6) is 0 Å². The summed E-state index contributed by atoms with van der Waals surface area (Å²) in [7, 11) is 0. The minimum Gasteiger partial charge on any atom is -0.294 e. The summed E-state index contributed by atoms with van der Waals surface area (Å²) in [5.41, 5.74) is 3.26. The number of hydrogen-bond donors (Lipinski definition) is 1. The van der Waals surface area contributed by atoms with Gasteiger partial charge in [0.05, 0.1) is 6.07 Å². The molecule has 19 heavy (non-hydrogen) atoms. The molecule has 0 heterocycles. The molecule has 0 saturated carbocycles. The first-order valence-electron chi connectivity index (χ1n) is 6.13. The molecule has 0 spiro atoms. The molecule has 0 saturated heterocycles. The van der Waals surface area contributed by atoms with Gasteiger partial charge >= 0.3 is 0 Å². The van der Waals surface area contributed by atoms with Crippen molar-refractivity contribution in [2.75, 3.05) is 0 Å². The fourth-order valence-electron chi connectivity index (χ4n) is 1.96. The molecule has 0 fully saturated rings.